The van der Waals surface area contributed by atoms with Crippen LogP contribution in [0.4, 0.5) is 23.2 Å². The van der Waals surface area contributed by atoms with Crippen LogP contribution in [-0.2, 0) is 6.54 Å². The minimum atomic E-state index is -4.77. The highest BCUT2D eigenvalue weighted by molar-refractivity contribution is 14.0. The van der Waals surface area contributed by atoms with Crippen molar-refractivity contribution >= 4 is 35.6 Å². The summed E-state index contributed by atoms with van der Waals surface area (Å²) >= 11 is 0. The molecule has 2 aromatic carbocycles. The number of ether oxygens (including phenoxy) is 1. The van der Waals surface area contributed by atoms with E-state index < -0.39 is 12.2 Å². The van der Waals surface area contributed by atoms with E-state index in [1.807, 2.05) is 6.07 Å². The largest absolute Gasteiger partial charge is 0.573 e. The number of nitrogens with two attached hydrogens (primary N) is 1. The van der Waals surface area contributed by atoms with Gasteiger partial charge in [0.1, 0.15) is 11.6 Å². The maximum atomic E-state index is 13.6. The van der Waals surface area contributed by atoms with Crippen molar-refractivity contribution in [1.29, 1.82) is 5.26 Å². The number of benzene rings is 2. The highest BCUT2D eigenvalue weighted by atomic mass is 127. The Morgan fingerprint density at radius 1 is 1.19 bits per heavy atom. The van der Waals surface area contributed by atoms with Crippen molar-refractivity contribution in [3.05, 3.63) is 59.4 Å². The van der Waals surface area contributed by atoms with Gasteiger partial charge in [-0.3, -0.25) is 0 Å². The number of nitrogens with one attached hydrogen (secondary N) is 1. The predicted octanol–water partition coefficient (Wildman–Crippen LogP) is 4.14. The second kappa shape index (κ2) is 9.23. The van der Waals surface area contributed by atoms with Crippen molar-refractivity contribution in [2.45, 2.75) is 12.9 Å². The minimum absolute atomic E-state index is 0. The fourth-order valence-corrected chi connectivity index (χ4v) is 1.86. The summed E-state index contributed by atoms with van der Waals surface area (Å²) in [5.41, 5.74) is 6.51. The number of nitrogens with zero attached hydrogens (tertiary/aromatic N) is 2. The quantitative estimate of drug-likeness (QED) is 0.298. The molecule has 0 saturated heterocycles. The Balaban J connectivity index is 0.00000338. The molecule has 0 radical (unpaired) electrons. The van der Waals surface area contributed by atoms with E-state index in [0.717, 1.165) is 18.2 Å². The molecule has 0 spiro atoms. The molecule has 2 aromatic rings. The Hall–Kier alpha value is -2.55. The molecule has 0 atom stereocenters. The molecule has 3 N–H and O–H groups in total. The first kappa shape index (κ1) is 21.5. The normalized spacial score (nSPS) is 11.3. The number of rotatable bonds is 4. The lowest BCUT2D eigenvalue weighted by atomic mass is 10.1. The maximum Gasteiger partial charge on any atom is 0.573 e. The highest BCUT2D eigenvalue weighted by Crippen LogP contribution is 2.23. The van der Waals surface area contributed by atoms with Crippen LogP contribution in [0.2, 0.25) is 0 Å². The molecule has 2 rings (SSSR count). The topological polar surface area (TPSA) is 83.4 Å². The monoisotopic (exact) mass is 480 g/mol. The van der Waals surface area contributed by atoms with Gasteiger partial charge in [-0.2, -0.15) is 5.26 Å². The third-order valence-electron chi connectivity index (χ3n) is 2.95. The molecule has 138 valence electrons. The van der Waals surface area contributed by atoms with E-state index in [1.165, 1.54) is 24.3 Å². The third kappa shape index (κ3) is 6.75. The molecule has 0 saturated carbocycles. The molecule has 0 aliphatic rings. The number of aliphatic imine (C=N–C) groups is 1. The van der Waals surface area contributed by atoms with Gasteiger partial charge in [0.25, 0.3) is 0 Å². The molecule has 0 heterocycles. The van der Waals surface area contributed by atoms with Crippen LogP contribution < -0.4 is 15.8 Å². The van der Waals surface area contributed by atoms with Gasteiger partial charge in [-0.15, -0.1) is 37.1 Å². The maximum absolute atomic E-state index is 13.6. The second-order valence-corrected chi connectivity index (χ2v) is 4.82. The lowest BCUT2D eigenvalue weighted by molar-refractivity contribution is -0.274. The molecule has 0 amide bonds. The number of halogens is 5. The van der Waals surface area contributed by atoms with Crippen LogP contribution in [0.15, 0.2) is 47.5 Å². The Bertz CT molecular complexity index is 816. The van der Waals surface area contributed by atoms with E-state index in [2.05, 4.69) is 15.0 Å². The first-order valence-corrected chi connectivity index (χ1v) is 6.88. The van der Waals surface area contributed by atoms with Gasteiger partial charge in [0.15, 0.2) is 5.96 Å². The number of alkyl halides is 3. The van der Waals surface area contributed by atoms with Crippen molar-refractivity contribution in [3.63, 3.8) is 0 Å². The van der Waals surface area contributed by atoms with Crippen LogP contribution in [0.25, 0.3) is 0 Å². The van der Waals surface area contributed by atoms with Crippen LogP contribution in [-0.4, -0.2) is 12.3 Å². The Morgan fingerprint density at radius 2 is 1.85 bits per heavy atom. The van der Waals surface area contributed by atoms with Gasteiger partial charge in [0.2, 0.25) is 0 Å². The van der Waals surface area contributed by atoms with E-state index >= 15 is 0 Å². The Labute approximate surface area is 163 Å². The Morgan fingerprint density at radius 3 is 2.42 bits per heavy atom. The zero-order valence-electron chi connectivity index (χ0n) is 13.0. The molecule has 10 heteroatoms. The van der Waals surface area contributed by atoms with E-state index in [9.17, 15) is 17.6 Å². The molecule has 5 nitrogen and oxygen atoms in total. The summed E-state index contributed by atoms with van der Waals surface area (Å²) in [5, 5.41) is 11.4. The van der Waals surface area contributed by atoms with Gasteiger partial charge in [-0.1, -0.05) is 0 Å². The summed E-state index contributed by atoms with van der Waals surface area (Å²) in [5.74, 6) is -0.959. The number of nitriles is 1. The van der Waals surface area contributed by atoms with Gasteiger partial charge in [0.05, 0.1) is 18.2 Å². The lowest BCUT2D eigenvalue weighted by Gasteiger charge is -2.10. The summed E-state index contributed by atoms with van der Waals surface area (Å²) in [6.45, 7) is -0.102. The van der Waals surface area contributed by atoms with Crippen molar-refractivity contribution in [3.8, 4) is 11.8 Å². The number of hydrogen-bond acceptors (Lipinski definition) is 3. The van der Waals surface area contributed by atoms with Crippen LogP contribution >= 0.6 is 24.0 Å². The standard InChI is InChI=1S/C16H12F4N4O.HI/c17-14-6-1-10(8-21)7-11(14)9-23-15(22)24-12-2-4-13(5-3-12)25-16(18,19)20;/h1-7H,9H2,(H3,22,23,24);1H. The number of hydrogen-bond donors (Lipinski definition) is 2. The van der Waals surface area contributed by atoms with E-state index in [4.69, 9.17) is 11.0 Å². The molecule has 0 aliphatic heterocycles. The lowest BCUT2D eigenvalue weighted by Crippen LogP contribution is -2.22. The van der Waals surface area contributed by atoms with Crippen LogP contribution in [0.3, 0.4) is 0 Å². The second-order valence-electron chi connectivity index (χ2n) is 4.82. The van der Waals surface area contributed by atoms with Crippen LogP contribution in [0.5, 0.6) is 5.75 Å². The number of guanidine groups is 1. The molecule has 0 aromatic heterocycles. The minimum Gasteiger partial charge on any atom is -0.406 e. The summed E-state index contributed by atoms with van der Waals surface area (Å²) in [7, 11) is 0. The summed E-state index contributed by atoms with van der Waals surface area (Å²) in [4.78, 5) is 3.93. The smallest absolute Gasteiger partial charge is 0.406 e. The SMILES string of the molecule is I.N#Cc1ccc(F)c(CN=C(N)Nc2ccc(OC(F)(F)F)cc2)c1. The van der Waals surface area contributed by atoms with Gasteiger partial charge in [-0.05, 0) is 42.5 Å². The first-order valence-electron chi connectivity index (χ1n) is 6.88. The zero-order valence-corrected chi connectivity index (χ0v) is 15.4. The highest BCUT2D eigenvalue weighted by Gasteiger charge is 2.30. The van der Waals surface area contributed by atoms with Crippen LogP contribution in [0, 0.1) is 17.1 Å². The van der Waals surface area contributed by atoms with Crippen LogP contribution in [0.1, 0.15) is 11.1 Å². The van der Waals surface area contributed by atoms with Gasteiger partial charge >= 0.3 is 6.36 Å². The molecule has 0 aliphatic carbocycles. The Kier molecular flexibility index (Phi) is 7.63. The zero-order chi connectivity index (χ0) is 18.4. The first-order chi connectivity index (χ1) is 11.8. The third-order valence-corrected chi connectivity index (χ3v) is 2.95. The number of anilines is 1. The summed E-state index contributed by atoms with van der Waals surface area (Å²) in [6, 6.07) is 10.6. The summed E-state index contributed by atoms with van der Waals surface area (Å²) in [6.07, 6.45) is -4.77. The van der Waals surface area contributed by atoms with E-state index in [-0.39, 0.29) is 47.8 Å². The van der Waals surface area contributed by atoms with E-state index in [0.29, 0.717) is 11.3 Å². The van der Waals surface area contributed by atoms with Gasteiger partial charge < -0.3 is 15.8 Å². The average Bonchev–Trinajstić information content (AvgIpc) is 2.54. The van der Waals surface area contributed by atoms with Crippen molar-refractivity contribution < 1.29 is 22.3 Å². The van der Waals surface area contributed by atoms with Gasteiger partial charge in [0, 0.05) is 11.3 Å². The molecule has 0 bridgehead atoms. The molecule has 0 fully saturated rings. The van der Waals surface area contributed by atoms with E-state index in [1.54, 1.807) is 0 Å². The predicted molar refractivity (Wildman–Crippen MR) is 98.6 cm³/mol. The summed E-state index contributed by atoms with van der Waals surface area (Å²) < 4.78 is 53.6. The molecule has 26 heavy (non-hydrogen) atoms. The molecular formula is C16H13F4IN4O. The fourth-order valence-electron chi connectivity index (χ4n) is 1.86. The molecular weight excluding hydrogens is 467 g/mol. The van der Waals surface area contributed by atoms with Gasteiger partial charge in [-0.25, -0.2) is 9.38 Å². The van der Waals surface area contributed by atoms with Crippen molar-refractivity contribution in [1.82, 2.24) is 0 Å². The molecule has 0 unspecified atom stereocenters. The fraction of sp³-hybridized carbons (Fsp3) is 0.125. The van der Waals surface area contributed by atoms with Crippen molar-refractivity contribution in [2.24, 2.45) is 10.7 Å². The average molecular weight is 480 g/mol. The van der Waals surface area contributed by atoms with Crippen molar-refractivity contribution in [2.75, 3.05) is 5.32 Å².